The van der Waals surface area contributed by atoms with Crippen molar-refractivity contribution in [2.75, 3.05) is 19.6 Å². The van der Waals surface area contributed by atoms with Crippen LogP contribution in [-0.4, -0.2) is 30.6 Å². The summed E-state index contributed by atoms with van der Waals surface area (Å²) in [7, 11) is 0. The molecule has 0 bridgehead atoms. The molecular formula is C12H26N2. The van der Waals surface area contributed by atoms with Crippen molar-refractivity contribution < 1.29 is 0 Å². The lowest BCUT2D eigenvalue weighted by Crippen LogP contribution is -2.40. The van der Waals surface area contributed by atoms with Gasteiger partial charge >= 0.3 is 0 Å². The van der Waals surface area contributed by atoms with E-state index >= 15 is 0 Å². The number of piperidine rings is 1. The highest BCUT2D eigenvalue weighted by Gasteiger charge is 2.21. The first-order valence-electron chi connectivity index (χ1n) is 6.09. The van der Waals surface area contributed by atoms with E-state index in [0.29, 0.717) is 6.04 Å². The lowest BCUT2D eigenvalue weighted by molar-refractivity contribution is 0.137. The van der Waals surface area contributed by atoms with E-state index in [1.807, 2.05) is 0 Å². The molecule has 1 aliphatic rings. The Hall–Kier alpha value is -0.0800. The maximum Gasteiger partial charge on any atom is 0.00483 e. The highest BCUT2D eigenvalue weighted by molar-refractivity contribution is 4.75. The van der Waals surface area contributed by atoms with E-state index in [-0.39, 0.29) is 0 Å². The summed E-state index contributed by atoms with van der Waals surface area (Å²) in [5.41, 5.74) is 5.93. The molecule has 2 N–H and O–H groups in total. The molecular weight excluding hydrogens is 172 g/mol. The quantitative estimate of drug-likeness (QED) is 0.749. The number of likely N-dealkylation sites (tertiary alicyclic amines) is 1. The molecule has 0 radical (unpaired) electrons. The summed E-state index contributed by atoms with van der Waals surface area (Å²) in [6, 6.07) is 0.405. The molecule has 2 nitrogen and oxygen atoms in total. The second-order valence-electron chi connectivity index (χ2n) is 5.16. The van der Waals surface area contributed by atoms with Crippen LogP contribution in [0.2, 0.25) is 0 Å². The number of hydrogen-bond donors (Lipinski definition) is 1. The molecule has 1 rings (SSSR count). The molecule has 0 saturated carbocycles. The predicted molar refractivity (Wildman–Crippen MR) is 62.3 cm³/mol. The lowest BCUT2D eigenvalue weighted by Gasteiger charge is -2.35. The molecule has 0 amide bonds. The van der Waals surface area contributed by atoms with Crippen LogP contribution < -0.4 is 5.73 Å². The second-order valence-corrected chi connectivity index (χ2v) is 5.16. The van der Waals surface area contributed by atoms with Crippen LogP contribution in [0.15, 0.2) is 0 Å². The zero-order valence-corrected chi connectivity index (χ0v) is 10.00. The molecule has 3 unspecified atom stereocenters. The van der Waals surface area contributed by atoms with Gasteiger partial charge in [0.15, 0.2) is 0 Å². The summed E-state index contributed by atoms with van der Waals surface area (Å²) in [6.45, 7) is 10.7. The van der Waals surface area contributed by atoms with Crippen molar-refractivity contribution in [3.05, 3.63) is 0 Å². The van der Waals surface area contributed by atoms with Crippen molar-refractivity contribution in [3.8, 4) is 0 Å². The molecule has 1 saturated heterocycles. The van der Waals surface area contributed by atoms with Crippen LogP contribution >= 0.6 is 0 Å². The van der Waals surface area contributed by atoms with Crippen LogP contribution in [0.5, 0.6) is 0 Å². The summed E-state index contributed by atoms with van der Waals surface area (Å²) in [6.07, 6.45) is 3.67. The van der Waals surface area contributed by atoms with Gasteiger partial charge in [-0.15, -0.1) is 0 Å². The van der Waals surface area contributed by atoms with Crippen LogP contribution in [0.1, 0.15) is 40.0 Å². The number of rotatable bonds is 4. The molecule has 1 aliphatic heterocycles. The maximum atomic E-state index is 5.93. The molecule has 14 heavy (non-hydrogen) atoms. The zero-order valence-electron chi connectivity index (χ0n) is 10.00. The third-order valence-corrected chi connectivity index (χ3v) is 3.28. The van der Waals surface area contributed by atoms with Gasteiger partial charge in [-0.05, 0) is 37.6 Å². The zero-order chi connectivity index (χ0) is 10.6. The van der Waals surface area contributed by atoms with Crippen LogP contribution in [0.4, 0.5) is 0 Å². The summed E-state index contributed by atoms with van der Waals surface area (Å²) in [5, 5.41) is 0. The Morgan fingerprint density at radius 3 is 2.36 bits per heavy atom. The van der Waals surface area contributed by atoms with Crippen molar-refractivity contribution in [1.82, 2.24) is 4.90 Å². The SMILES string of the molecule is CCC(N)CCN1CC(C)CC(C)C1. The highest BCUT2D eigenvalue weighted by atomic mass is 15.1. The predicted octanol–water partition coefficient (Wildman–Crippen LogP) is 2.09. The fourth-order valence-corrected chi connectivity index (χ4v) is 2.53. The first-order valence-corrected chi connectivity index (χ1v) is 6.09. The van der Waals surface area contributed by atoms with Gasteiger partial charge in [0.25, 0.3) is 0 Å². The average molecular weight is 198 g/mol. The fourth-order valence-electron chi connectivity index (χ4n) is 2.53. The molecule has 84 valence electrons. The second kappa shape index (κ2) is 5.72. The van der Waals surface area contributed by atoms with Crippen LogP contribution in [-0.2, 0) is 0 Å². The molecule has 1 heterocycles. The van der Waals surface area contributed by atoms with E-state index in [1.165, 1.54) is 26.1 Å². The number of nitrogens with two attached hydrogens (primary N) is 1. The van der Waals surface area contributed by atoms with Gasteiger partial charge in [-0.2, -0.15) is 0 Å². The Bertz CT molecular complexity index is 148. The summed E-state index contributed by atoms with van der Waals surface area (Å²) >= 11 is 0. The van der Waals surface area contributed by atoms with E-state index in [0.717, 1.165) is 24.7 Å². The third-order valence-electron chi connectivity index (χ3n) is 3.28. The van der Waals surface area contributed by atoms with Crippen molar-refractivity contribution in [3.63, 3.8) is 0 Å². The highest BCUT2D eigenvalue weighted by Crippen LogP contribution is 2.20. The average Bonchev–Trinajstić information content (AvgIpc) is 2.12. The van der Waals surface area contributed by atoms with E-state index in [9.17, 15) is 0 Å². The van der Waals surface area contributed by atoms with Crippen molar-refractivity contribution in [1.29, 1.82) is 0 Å². The van der Waals surface area contributed by atoms with E-state index in [4.69, 9.17) is 5.73 Å². The van der Waals surface area contributed by atoms with Gasteiger partial charge in [0.1, 0.15) is 0 Å². The van der Waals surface area contributed by atoms with Crippen molar-refractivity contribution in [2.45, 2.75) is 46.1 Å². The van der Waals surface area contributed by atoms with Crippen LogP contribution in [0, 0.1) is 11.8 Å². The van der Waals surface area contributed by atoms with Crippen molar-refractivity contribution in [2.24, 2.45) is 17.6 Å². The number of hydrogen-bond acceptors (Lipinski definition) is 2. The molecule has 0 spiro atoms. The minimum atomic E-state index is 0.405. The van der Waals surface area contributed by atoms with E-state index < -0.39 is 0 Å². The van der Waals surface area contributed by atoms with Crippen molar-refractivity contribution >= 4 is 0 Å². The molecule has 0 aliphatic carbocycles. The van der Waals surface area contributed by atoms with E-state index in [2.05, 4.69) is 25.7 Å². The summed E-state index contributed by atoms with van der Waals surface area (Å²) < 4.78 is 0. The maximum absolute atomic E-state index is 5.93. The van der Waals surface area contributed by atoms with Crippen LogP contribution in [0.25, 0.3) is 0 Å². The molecule has 3 atom stereocenters. The monoisotopic (exact) mass is 198 g/mol. The van der Waals surface area contributed by atoms with Gasteiger partial charge in [0.05, 0.1) is 0 Å². The molecule has 2 heteroatoms. The number of nitrogens with zero attached hydrogens (tertiary/aromatic N) is 1. The fraction of sp³-hybridized carbons (Fsp3) is 1.00. The Morgan fingerprint density at radius 2 is 1.86 bits per heavy atom. The van der Waals surface area contributed by atoms with E-state index in [1.54, 1.807) is 0 Å². The van der Waals surface area contributed by atoms with Crippen LogP contribution in [0.3, 0.4) is 0 Å². The normalized spacial score (nSPS) is 31.7. The Kier molecular flexibility index (Phi) is 4.90. The Morgan fingerprint density at radius 1 is 1.29 bits per heavy atom. The first-order chi connectivity index (χ1) is 6.61. The standard InChI is InChI=1S/C12H26N2/c1-4-12(13)5-6-14-8-10(2)7-11(3)9-14/h10-12H,4-9,13H2,1-3H3. The minimum absolute atomic E-state index is 0.405. The molecule has 0 aromatic carbocycles. The lowest BCUT2D eigenvalue weighted by atomic mass is 9.91. The first kappa shape index (κ1) is 12.0. The largest absolute Gasteiger partial charge is 0.328 e. The van der Waals surface area contributed by atoms with Gasteiger partial charge in [0.2, 0.25) is 0 Å². The van der Waals surface area contributed by atoms with Gasteiger partial charge in [-0.25, -0.2) is 0 Å². The topological polar surface area (TPSA) is 29.3 Å². The van der Waals surface area contributed by atoms with Gasteiger partial charge in [0, 0.05) is 19.1 Å². The molecule has 0 aromatic heterocycles. The van der Waals surface area contributed by atoms with Gasteiger partial charge in [-0.3, -0.25) is 0 Å². The Balaban J connectivity index is 2.23. The third kappa shape index (κ3) is 3.97. The minimum Gasteiger partial charge on any atom is -0.328 e. The summed E-state index contributed by atoms with van der Waals surface area (Å²) in [4.78, 5) is 2.59. The molecule has 0 aromatic rings. The van der Waals surface area contributed by atoms with Gasteiger partial charge in [-0.1, -0.05) is 20.8 Å². The summed E-state index contributed by atoms with van der Waals surface area (Å²) in [5.74, 6) is 1.74. The molecule has 1 fully saturated rings. The Labute approximate surface area is 88.8 Å². The smallest absolute Gasteiger partial charge is 0.00483 e. The van der Waals surface area contributed by atoms with Gasteiger partial charge < -0.3 is 10.6 Å².